The van der Waals surface area contributed by atoms with Crippen LogP contribution < -0.4 is 10.9 Å². The fourth-order valence-electron chi connectivity index (χ4n) is 2.23. The quantitative estimate of drug-likeness (QED) is 0.757. The largest absolute Gasteiger partial charge is 0.306 e. The van der Waals surface area contributed by atoms with E-state index in [-0.39, 0.29) is 28.5 Å². The van der Waals surface area contributed by atoms with E-state index in [0.717, 1.165) is 5.56 Å². The van der Waals surface area contributed by atoms with Crippen molar-refractivity contribution < 1.29 is 4.79 Å². The molecule has 3 aromatic rings. The molecule has 2 aromatic heterocycles. The highest BCUT2D eigenvalue weighted by Crippen LogP contribution is 2.22. The molecule has 23 heavy (non-hydrogen) atoms. The molecule has 2 heterocycles. The van der Waals surface area contributed by atoms with E-state index in [1.807, 2.05) is 12.1 Å². The topological polar surface area (TPSA) is 92.1 Å². The Balaban J connectivity index is 1.89. The molecule has 7 nitrogen and oxygen atoms in total. The predicted octanol–water partition coefficient (Wildman–Crippen LogP) is 1.97. The first-order valence-electron chi connectivity index (χ1n) is 7.19. The lowest BCUT2D eigenvalue weighted by Crippen LogP contribution is -2.19. The molecule has 0 aliphatic carbocycles. The molecule has 7 heteroatoms. The average molecular weight is 311 g/mol. The van der Waals surface area contributed by atoms with Crippen LogP contribution in [0.3, 0.4) is 0 Å². The van der Waals surface area contributed by atoms with Crippen molar-refractivity contribution in [1.82, 2.24) is 19.6 Å². The Kier molecular flexibility index (Phi) is 3.48. The molecule has 118 valence electrons. The molecule has 0 aliphatic heterocycles. The number of rotatable bonds is 2. The molecule has 3 rings (SSSR count). The van der Waals surface area contributed by atoms with Gasteiger partial charge >= 0.3 is 0 Å². The molecule has 0 radical (unpaired) electrons. The number of anilines is 1. The highest BCUT2D eigenvalue weighted by Gasteiger charge is 2.15. The highest BCUT2D eigenvalue weighted by atomic mass is 16.2. The van der Waals surface area contributed by atoms with Crippen LogP contribution >= 0.6 is 0 Å². The Bertz CT molecular complexity index is 916. The highest BCUT2D eigenvalue weighted by molar-refractivity contribution is 6.03. The van der Waals surface area contributed by atoms with Gasteiger partial charge in [-0.2, -0.15) is 14.6 Å². The molecule has 0 spiro atoms. The summed E-state index contributed by atoms with van der Waals surface area (Å²) in [7, 11) is 0. The number of carbonyl (C=O) groups is 1. The van der Waals surface area contributed by atoms with Crippen LogP contribution in [0.15, 0.2) is 41.5 Å². The number of fused-ring (bicyclic) bond motifs is 1. The molecular weight excluding hydrogens is 294 g/mol. The van der Waals surface area contributed by atoms with E-state index in [0.29, 0.717) is 5.56 Å². The first kappa shape index (κ1) is 15.0. The van der Waals surface area contributed by atoms with Gasteiger partial charge in [0.1, 0.15) is 12.1 Å². The molecule has 0 fully saturated rings. The number of aromatic amines is 1. The fourth-order valence-corrected chi connectivity index (χ4v) is 2.23. The van der Waals surface area contributed by atoms with Crippen molar-refractivity contribution in [3.63, 3.8) is 0 Å². The van der Waals surface area contributed by atoms with Crippen LogP contribution in [-0.2, 0) is 5.41 Å². The van der Waals surface area contributed by atoms with E-state index in [1.165, 1.54) is 16.9 Å². The lowest BCUT2D eigenvalue weighted by Gasteiger charge is -2.19. The van der Waals surface area contributed by atoms with Gasteiger partial charge in [0.25, 0.3) is 11.5 Å². The Labute approximate surface area is 132 Å². The van der Waals surface area contributed by atoms with E-state index in [1.54, 1.807) is 12.1 Å². The predicted molar refractivity (Wildman–Crippen MR) is 86.7 cm³/mol. The molecule has 0 bridgehead atoms. The zero-order chi connectivity index (χ0) is 16.6. The zero-order valence-corrected chi connectivity index (χ0v) is 13.1. The summed E-state index contributed by atoms with van der Waals surface area (Å²) < 4.78 is 1.36. The number of H-pyrrole nitrogens is 1. The summed E-state index contributed by atoms with van der Waals surface area (Å²) in [6, 6.07) is 8.65. The third kappa shape index (κ3) is 2.98. The van der Waals surface area contributed by atoms with Crippen molar-refractivity contribution in [2.24, 2.45) is 0 Å². The van der Waals surface area contributed by atoms with Gasteiger partial charge in [-0.25, -0.2) is 0 Å². The van der Waals surface area contributed by atoms with Crippen molar-refractivity contribution in [1.29, 1.82) is 0 Å². The SMILES string of the molecule is CC(C)(C)c1ccc(C(=O)Nc2cc(=O)[nH]c3ncnn23)cc1. The second-order valence-electron chi connectivity index (χ2n) is 6.30. The molecule has 1 aromatic carbocycles. The van der Waals surface area contributed by atoms with Crippen molar-refractivity contribution in [3.05, 3.63) is 58.1 Å². The van der Waals surface area contributed by atoms with Crippen molar-refractivity contribution >= 4 is 17.5 Å². The van der Waals surface area contributed by atoms with Gasteiger partial charge in [0, 0.05) is 11.6 Å². The van der Waals surface area contributed by atoms with E-state index in [4.69, 9.17) is 0 Å². The molecule has 1 amide bonds. The van der Waals surface area contributed by atoms with E-state index in [2.05, 4.69) is 41.2 Å². The van der Waals surface area contributed by atoms with Crippen LogP contribution in [0.4, 0.5) is 5.82 Å². The van der Waals surface area contributed by atoms with Gasteiger partial charge < -0.3 is 5.32 Å². The minimum atomic E-state index is -0.358. The Morgan fingerprint density at radius 3 is 2.57 bits per heavy atom. The minimum absolute atomic E-state index is 0.0224. The van der Waals surface area contributed by atoms with Crippen molar-refractivity contribution in [2.45, 2.75) is 26.2 Å². The molecule has 0 saturated heterocycles. The number of amides is 1. The van der Waals surface area contributed by atoms with Gasteiger partial charge in [-0.1, -0.05) is 32.9 Å². The zero-order valence-electron chi connectivity index (χ0n) is 13.1. The van der Waals surface area contributed by atoms with Gasteiger partial charge in [0.05, 0.1) is 0 Å². The van der Waals surface area contributed by atoms with Crippen LogP contribution in [0.5, 0.6) is 0 Å². The second-order valence-corrected chi connectivity index (χ2v) is 6.30. The number of nitrogens with zero attached hydrogens (tertiary/aromatic N) is 3. The maximum absolute atomic E-state index is 12.4. The summed E-state index contributed by atoms with van der Waals surface area (Å²) in [5, 5.41) is 6.66. The minimum Gasteiger partial charge on any atom is -0.306 e. The molecule has 0 atom stereocenters. The summed E-state index contributed by atoms with van der Waals surface area (Å²) in [6.07, 6.45) is 1.30. The number of hydrogen-bond acceptors (Lipinski definition) is 4. The van der Waals surface area contributed by atoms with E-state index >= 15 is 0 Å². The smallest absolute Gasteiger partial charge is 0.256 e. The maximum atomic E-state index is 12.4. The third-order valence-corrected chi connectivity index (χ3v) is 3.53. The first-order chi connectivity index (χ1) is 10.8. The van der Waals surface area contributed by atoms with Crippen LogP contribution in [0.25, 0.3) is 5.78 Å². The molecule has 0 aliphatic rings. The van der Waals surface area contributed by atoms with Gasteiger partial charge in [0.2, 0.25) is 5.78 Å². The van der Waals surface area contributed by atoms with Gasteiger partial charge in [-0.05, 0) is 23.1 Å². The number of carbonyl (C=O) groups excluding carboxylic acids is 1. The van der Waals surface area contributed by atoms with Crippen LogP contribution in [0.1, 0.15) is 36.7 Å². The number of nitrogens with one attached hydrogen (secondary N) is 2. The monoisotopic (exact) mass is 311 g/mol. The van der Waals surface area contributed by atoms with Crippen LogP contribution in [0.2, 0.25) is 0 Å². The lowest BCUT2D eigenvalue weighted by molar-refractivity contribution is 0.102. The first-order valence-corrected chi connectivity index (χ1v) is 7.19. The number of aromatic nitrogens is 4. The second kappa shape index (κ2) is 5.35. The summed E-state index contributed by atoms with van der Waals surface area (Å²) in [4.78, 5) is 30.4. The molecule has 0 saturated carbocycles. The molecule has 0 unspecified atom stereocenters. The maximum Gasteiger partial charge on any atom is 0.256 e. The lowest BCUT2D eigenvalue weighted by atomic mass is 9.87. The normalized spacial score (nSPS) is 11.6. The Morgan fingerprint density at radius 2 is 1.91 bits per heavy atom. The standard InChI is InChI=1S/C16H17N5O2/c1-16(2,3)11-6-4-10(5-7-11)14(23)19-12-8-13(22)20-15-17-9-18-21(12)15/h4-9H,1-3H3,(H,19,23)(H,17,18,20,22). The van der Waals surface area contributed by atoms with Crippen molar-refractivity contribution in [3.8, 4) is 0 Å². The summed E-state index contributed by atoms with van der Waals surface area (Å²) in [6.45, 7) is 6.33. The van der Waals surface area contributed by atoms with Crippen LogP contribution in [-0.4, -0.2) is 25.5 Å². The Hall–Kier alpha value is -2.96. The van der Waals surface area contributed by atoms with Crippen molar-refractivity contribution in [2.75, 3.05) is 5.32 Å². The third-order valence-electron chi connectivity index (χ3n) is 3.53. The van der Waals surface area contributed by atoms with E-state index in [9.17, 15) is 9.59 Å². The number of hydrogen-bond donors (Lipinski definition) is 2. The van der Waals surface area contributed by atoms with Gasteiger partial charge in [-0.15, -0.1) is 0 Å². The summed E-state index contributed by atoms with van der Waals surface area (Å²) in [5.74, 6) is 0.231. The summed E-state index contributed by atoms with van der Waals surface area (Å²) >= 11 is 0. The van der Waals surface area contributed by atoms with Crippen LogP contribution in [0, 0.1) is 0 Å². The fraction of sp³-hybridized carbons (Fsp3) is 0.250. The average Bonchev–Trinajstić information content (AvgIpc) is 2.94. The summed E-state index contributed by atoms with van der Waals surface area (Å²) in [5.41, 5.74) is 1.31. The van der Waals surface area contributed by atoms with Gasteiger partial charge in [-0.3, -0.25) is 14.6 Å². The molecule has 2 N–H and O–H groups in total. The Morgan fingerprint density at radius 1 is 1.22 bits per heavy atom. The molecular formula is C16H17N5O2. The van der Waals surface area contributed by atoms with Gasteiger partial charge in [0.15, 0.2) is 0 Å². The van der Waals surface area contributed by atoms with E-state index < -0.39 is 0 Å². The number of benzene rings is 1.